The molecule has 0 heterocycles. The van der Waals surface area contributed by atoms with Crippen molar-refractivity contribution in [3.8, 4) is 0 Å². The topological polar surface area (TPSA) is 101 Å². The van der Waals surface area contributed by atoms with Crippen LogP contribution < -0.4 is 10.0 Å². The van der Waals surface area contributed by atoms with Gasteiger partial charge in [0.2, 0.25) is 10.0 Å². The molecular formula is C11H17N3O4S. The lowest BCUT2D eigenvalue weighted by molar-refractivity contribution is -0.384. The van der Waals surface area contributed by atoms with Crippen molar-refractivity contribution in [2.45, 2.75) is 24.8 Å². The van der Waals surface area contributed by atoms with Crippen LogP contribution in [-0.2, 0) is 10.0 Å². The zero-order valence-corrected chi connectivity index (χ0v) is 11.6. The van der Waals surface area contributed by atoms with E-state index in [1.165, 1.54) is 24.3 Å². The fraction of sp³-hybridized carbons (Fsp3) is 0.455. The highest BCUT2D eigenvalue weighted by molar-refractivity contribution is 7.89. The Morgan fingerprint density at radius 1 is 1.32 bits per heavy atom. The van der Waals surface area contributed by atoms with E-state index in [2.05, 4.69) is 10.0 Å². The summed E-state index contributed by atoms with van der Waals surface area (Å²) in [5, 5.41) is 13.6. The van der Waals surface area contributed by atoms with Gasteiger partial charge < -0.3 is 5.32 Å². The smallest absolute Gasteiger partial charge is 0.269 e. The molecule has 0 bridgehead atoms. The van der Waals surface area contributed by atoms with E-state index in [0.29, 0.717) is 0 Å². The summed E-state index contributed by atoms with van der Waals surface area (Å²) in [6.07, 6.45) is 0. The van der Waals surface area contributed by atoms with Crippen molar-refractivity contribution in [3.05, 3.63) is 34.4 Å². The van der Waals surface area contributed by atoms with Crippen LogP contribution in [0.2, 0.25) is 0 Å². The first-order chi connectivity index (χ1) is 8.86. The molecule has 1 atom stereocenters. The Hall–Kier alpha value is -1.51. The lowest BCUT2D eigenvalue weighted by atomic mass is 10.3. The molecule has 19 heavy (non-hydrogen) atoms. The van der Waals surface area contributed by atoms with Crippen LogP contribution in [0.5, 0.6) is 0 Å². The Morgan fingerprint density at radius 2 is 1.89 bits per heavy atom. The maximum Gasteiger partial charge on any atom is 0.269 e. The Balaban J connectivity index is 2.74. The molecule has 0 aromatic heterocycles. The van der Waals surface area contributed by atoms with E-state index in [1.54, 1.807) is 0 Å². The molecule has 0 saturated heterocycles. The summed E-state index contributed by atoms with van der Waals surface area (Å²) < 4.78 is 26.3. The van der Waals surface area contributed by atoms with Crippen molar-refractivity contribution < 1.29 is 13.3 Å². The molecule has 0 fully saturated rings. The quantitative estimate of drug-likeness (QED) is 0.572. The van der Waals surface area contributed by atoms with Gasteiger partial charge in [-0.2, -0.15) is 0 Å². The number of sulfonamides is 1. The molecule has 2 N–H and O–H groups in total. The molecule has 1 aromatic carbocycles. The Morgan fingerprint density at radius 3 is 2.37 bits per heavy atom. The second-order valence-electron chi connectivity index (χ2n) is 4.06. The van der Waals surface area contributed by atoms with Crippen LogP contribution in [0, 0.1) is 10.1 Å². The first-order valence-electron chi connectivity index (χ1n) is 5.84. The maximum atomic E-state index is 11.9. The molecule has 0 radical (unpaired) electrons. The highest BCUT2D eigenvalue weighted by atomic mass is 32.2. The third kappa shape index (κ3) is 4.58. The Labute approximate surface area is 112 Å². The van der Waals surface area contributed by atoms with E-state index < -0.39 is 14.9 Å². The summed E-state index contributed by atoms with van der Waals surface area (Å²) in [5.74, 6) is 0. The van der Waals surface area contributed by atoms with Crippen LogP contribution in [-0.4, -0.2) is 32.5 Å². The van der Waals surface area contributed by atoms with E-state index in [1.807, 2.05) is 13.8 Å². The molecule has 1 aromatic rings. The first kappa shape index (κ1) is 15.5. The van der Waals surface area contributed by atoms with E-state index in [9.17, 15) is 18.5 Å². The summed E-state index contributed by atoms with van der Waals surface area (Å²) in [7, 11) is -3.63. The van der Waals surface area contributed by atoms with Crippen LogP contribution in [0.15, 0.2) is 29.2 Å². The lowest BCUT2D eigenvalue weighted by Gasteiger charge is -2.13. The number of hydrogen-bond acceptors (Lipinski definition) is 5. The fourth-order valence-electron chi connectivity index (χ4n) is 1.49. The van der Waals surface area contributed by atoms with E-state index in [0.717, 1.165) is 6.54 Å². The molecule has 8 heteroatoms. The van der Waals surface area contributed by atoms with Gasteiger partial charge in [-0.15, -0.1) is 0 Å². The summed E-state index contributed by atoms with van der Waals surface area (Å²) in [5.41, 5.74) is -0.139. The second-order valence-corrected chi connectivity index (χ2v) is 5.83. The molecule has 1 rings (SSSR count). The van der Waals surface area contributed by atoms with Crippen LogP contribution in [0.25, 0.3) is 0 Å². The van der Waals surface area contributed by atoms with Crippen LogP contribution in [0.3, 0.4) is 0 Å². The number of likely N-dealkylation sites (N-methyl/N-ethyl adjacent to an activating group) is 1. The van der Waals surface area contributed by atoms with Crippen LogP contribution in [0.4, 0.5) is 5.69 Å². The second kappa shape index (κ2) is 6.60. The molecule has 0 aliphatic carbocycles. The third-order valence-corrected chi connectivity index (χ3v) is 3.93. The maximum absolute atomic E-state index is 11.9. The SMILES string of the molecule is CCN[C@H](C)CNS(=O)(=O)c1ccc([N+](=O)[O-])cc1. The van der Waals surface area contributed by atoms with Gasteiger partial charge in [0, 0.05) is 24.7 Å². The standard InChI is InChI=1S/C11H17N3O4S/c1-3-12-9(2)8-13-19(17,18)11-6-4-10(5-7-11)14(15)16/h4-7,9,12-13H,3,8H2,1-2H3/t9-/m1/s1. The Kier molecular flexibility index (Phi) is 5.40. The molecule has 0 saturated carbocycles. The van der Waals surface area contributed by atoms with Gasteiger partial charge in [-0.1, -0.05) is 6.92 Å². The largest absolute Gasteiger partial charge is 0.313 e. The third-order valence-electron chi connectivity index (χ3n) is 2.49. The summed E-state index contributed by atoms with van der Waals surface area (Å²) in [4.78, 5) is 9.92. The highest BCUT2D eigenvalue weighted by Gasteiger charge is 2.16. The van der Waals surface area contributed by atoms with Gasteiger partial charge in [-0.05, 0) is 25.6 Å². The number of benzene rings is 1. The van der Waals surface area contributed by atoms with Crippen molar-refractivity contribution in [1.82, 2.24) is 10.0 Å². The molecule has 0 aliphatic rings. The van der Waals surface area contributed by atoms with Gasteiger partial charge >= 0.3 is 0 Å². The van der Waals surface area contributed by atoms with E-state index in [4.69, 9.17) is 0 Å². The van der Waals surface area contributed by atoms with E-state index in [-0.39, 0.29) is 23.2 Å². The minimum absolute atomic E-state index is 0.0119. The normalized spacial score (nSPS) is 13.2. The predicted molar refractivity (Wildman–Crippen MR) is 71.4 cm³/mol. The average molecular weight is 287 g/mol. The van der Waals surface area contributed by atoms with Gasteiger partial charge in [0.15, 0.2) is 0 Å². The number of nitrogens with one attached hydrogen (secondary N) is 2. The van der Waals surface area contributed by atoms with Gasteiger partial charge in [0.05, 0.1) is 9.82 Å². The molecule has 0 amide bonds. The van der Waals surface area contributed by atoms with Gasteiger partial charge in [0.25, 0.3) is 5.69 Å². The summed E-state index contributed by atoms with van der Waals surface area (Å²) in [6.45, 7) is 4.80. The number of non-ortho nitro benzene ring substituents is 1. The minimum atomic E-state index is -3.63. The van der Waals surface area contributed by atoms with Crippen molar-refractivity contribution in [2.75, 3.05) is 13.1 Å². The van der Waals surface area contributed by atoms with Crippen LogP contribution in [0.1, 0.15) is 13.8 Å². The number of hydrogen-bond donors (Lipinski definition) is 2. The number of rotatable bonds is 7. The number of nitro groups is 1. The zero-order chi connectivity index (χ0) is 14.5. The van der Waals surface area contributed by atoms with Crippen molar-refractivity contribution in [2.24, 2.45) is 0 Å². The minimum Gasteiger partial charge on any atom is -0.313 e. The first-order valence-corrected chi connectivity index (χ1v) is 7.32. The molecule has 0 aliphatic heterocycles. The zero-order valence-electron chi connectivity index (χ0n) is 10.8. The summed E-state index contributed by atoms with van der Waals surface area (Å²) >= 11 is 0. The predicted octanol–water partition coefficient (Wildman–Crippen LogP) is 0.871. The molecule has 0 spiro atoms. The fourth-order valence-corrected chi connectivity index (χ4v) is 2.62. The Bertz CT molecular complexity index is 527. The summed E-state index contributed by atoms with van der Waals surface area (Å²) in [6, 6.07) is 4.79. The molecular weight excluding hydrogens is 270 g/mol. The van der Waals surface area contributed by atoms with Crippen molar-refractivity contribution in [1.29, 1.82) is 0 Å². The monoisotopic (exact) mass is 287 g/mol. The van der Waals surface area contributed by atoms with Gasteiger partial charge in [-0.3, -0.25) is 10.1 Å². The lowest BCUT2D eigenvalue weighted by Crippen LogP contribution is -2.38. The van der Waals surface area contributed by atoms with Crippen molar-refractivity contribution in [3.63, 3.8) is 0 Å². The van der Waals surface area contributed by atoms with E-state index >= 15 is 0 Å². The van der Waals surface area contributed by atoms with Crippen molar-refractivity contribution >= 4 is 15.7 Å². The number of nitrogens with zero attached hydrogens (tertiary/aromatic N) is 1. The number of nitro benzene ring substituents is 1. The van der Waals surface area contributed by atoms with Crippen LogP contribution >= 0.6 is 0 Å². The van der Waals surface area contributed by atoms with Gasteiger partial charge in [0.1, 0.15) is 0 Å². The molecule has 7 nitrogen and oxygen atoms in total. The molecule has 106 valence electrons. The van der Waals surface area contributed by atoms with Gasteiger partial charge in [-0.25, -0.2) is 13.1 Å². The molecule has 0 unspecified atom stereocenters. The average Bonchev–Trinajstić information content (AvgIpc) is 2.37. The highest BCUT2D eigenvalue weighted by Crippen LogP contribution is 2.15.